The van der Waals surface area contributed by atoms with Crippen molar-refractivity contribution in [2.24, 2.45) is 0 Å². The van der Waals surface area contributed by atoms with E-state index < -0.39 is 12.1 Å². The third-order valence-corrected chi connectivity index (χ3v) is 4.34. The van der Waals surface area contributed by atoms with Crippen molar-refractivity contribution < 1.29 is 19.1 Å². The normalized spacial score (nSPS) is 12.1. The number of rotatable bonds is 7. The summed E-state index contributed by atoms with van der Waals surface area (Å²) in [5, 5.41) is 2.90. The molecule has 0 fully saturated rings. The maximum Gasteiger partial charge on any atom is 0.331 e. The van der Waals surface area contributed by atoms with Crippen LogP contribution in [0.1, 0.15) is 43.4 Å². The van der Waals surface area contributed by atoms with Crippen LogP contribution in [0.4, 0.5) is 5.69 Å². The van der Waals surface area contributed by atoms with Gasteiger partial charge in [-0.3, -0.25) is 4.79 Å². The topological polar surface area (TPSA) is 64.6 Å². The lowest BCUT2D eigenvalue weighted by Gasteiger charge is -2.18. The lowest BCUT2D eigenvalue weighted by molar-refractivity contribution is -0.148. The molecule has 1 amide bonds. The molecule has 148 valence electrons. The van der Waals surface area contributed by atoms with Gasteiger partial charge in [0.2, 0.25) is 0 Å². The van der Waals surface area contributed by atoms with Crippen molar-refractivity contribution in [3.8, 4) is 5.75 Å². The first kappa shape index (κ1) is 21.2. The third kappa shape index (κ3) is 5.71. The van der Waals surface area contributed by atoms with Gasteiger partial charge in [-0.25, -0.2) is 4.79 Å². The summed E-state index contributed by atoms with van der Waals surface area (Å²) in [7, 11) is 1.58. The average molecular weight is 381 g/mol. The van der Waals surface area contributed by atoms with Gasteiger partial charge < -0.3 is 14.8 Å². The highest BCUT2D eigenvalue weighted by molar-refractivity contribution is 5.97. The van der Waals surface area contributed by atoms with Crippen LogP contribution in [0, 0.1) is 6.92 Å². The number of carbonyl (C=O) groups excluding carboxylic acids is 2. The van der Waals surface area contributed by atoms with Gasteiger partial charge in [-0.15, -0.1) is 0 Å². The number of carbonyl (C=O) groups is 2. The van der Waals surface area contributed by atoms with Crippen LogP contribution in [0.3, 0.4) is 0 Å². The number of benzene rings is 2. The second-order valence-electron chi connectivity index (χ2n) is 6.87. The first-order valence-corrected chi connectivity index (χ1v) is 9.25. The molecule has 5 nitrogen and oxygen atoms in total. The Balaban J connectivity index is 2.00. The van der Waals surface area contributed by atoms with Crippen molar-refractivity contribution in [1.82, 2.24) is 0 Å². The third-order valence-electron chi connectivity index (χ3n) is 4.34. The zero-order valence-corrected chi connectivity index (χ0v) is 17.0. The number of aryl methyl sites for hydroxylation is 1. The minimum Gasteiger partial charge on any atom is -0.497 e. The van der Waals surface area contributed by atoms with Crippen molar-refractivity contribution >= 4 is 23.6 Å². The first-order chi connectivity index (χ1) is 13.3. The Labute approximate surface area is 166 Å². The number of methoxy groups -OCH3 is 1. The lowest BCUT2D eigenvalue weighted by atomic mass is 9.98. The molecule has 5 heteroatoms. The van der Waals surface area contributed by atoms with Gasteiger partial charge >= 0.3 is 5.97 Å². The molecule has 1 atom stereocenters. The van der Waals surface area contributed by atoms with E-state index in [1.807, 2.05) is 43.3 Å². The van der Waals surface area contributed by atoms with Crippen molar-refractivity contribution in [2.45, 2.75) is 39.7 Å². The van der Waals surface area contributed by atoms with Gasteiger partial charge in [0, 0.05) is 11.8 Å². The Hall–Kier alpha value is -3.08. The molecule has 0 spiro atoms. The zero-order valence-electron chi connectivity index (χ0n) is 17.0. The zero-order chi connectivity index (χ0) is 20.7. The molecule has 0 radical (unpaired) electrons. The second kappa shape index (κ2) is 9.74. The minimum atomic E-state index is -0.915. The van der Waals surface area contributed by atoms with Crippen LogP contribution in [0.5, 0.6) is 5.75 Å². The monoisotopic (exact) mass is 381 g/mol. The highest BCUT2D eigenvalue weighted by Crippen LogP contribution is 2.27. The molecule has 0 unspecified atom stereocenters. The summed E-state index contributed by atoms with van der Waals surface area (Å²) in [6, 6.07) is 13.2. The second-order valence-corrected chi connectivity index (χ2v) is 6.87. The fourth-order valence-corrected chi connectivity index (χ4v) is 2.74. The molecule has 2 aromatic carbocycles. The quantitative estimate of drug-likeness (QED) is 0.557. The minimum absolute atomic E-state index is 0.263. The van der Waals surface area contributed by atoms with E-state index >= 15 is 0 Å². The van der Waals surface area contributed by atoms with E-state index in [9.17, 15) is 9.59 Å². The standard InChI is InChI=1S/C23H27NO4/c1-15(2)20-11-6-8-16(3)22(20)24-23(26)17(4)28-21(25)13-12-18-9-7-10-19(14-18)27-5/h6-15,17H,1-5H3,(H,24,26)/b13-12+/t17-/m0/s1. The summed E-state index contributed by atoms with van der Waals surface area (Å²) in [6.45, 7) is 7.63. The Bertz CT molecular complexity index is 871. The number of anilines is 1. The van der Waals surface area contributed by atoms with Crippen molar-refractivity contribution in [3.05, 3.63) is 65.2 Å². The van der Waals surface area contributed by atoms with E-state index in [-0.39, 0.29) is 11.8 Å². The smallest absolute Gasteiger partial charge is 0.331 e. The number of esters is 1. The molecule has 0 heterocycles. The number of hydrogen-bond acceptors (Lipinski definition) is 4. The first-order valence-electron chi connectivity index (χ1n) is 9.25. The number of hydrogen-bond donors (Lipinski definition) is 1. The number of amides is 1. The Kier molecular flexibility index (Phi) is 7.38. The van der Waals surface area contributed by atoms with Crippen molar-refractivity contribution in [3.63, 3.8) is 0 Å². The number of ether oxygens (including phenoxy) is 2. The van der Waals surface area contributed by atoms with Crippen LogP contribution in [-0.4, -0.2) is 25.1 Å². The van der Waals surface area contributed by atoms with Crippen LogP contribution in [0.25, 0.3) is 6.08 Å². The van der Waals surface area contributed by atoms with E-state index in [0.29, 0.717) is 5.75 Å². The molecule has 2 aromatic rings. The fraction of sp³-hybridized carbons (Fsp3) is 0.304. The maximum absolute atomic E-state index is 12.5. The van der Waals surface area contributed by atoms with Crippen molar-refractivity contribution in [1.29, 1.82) is 0 Å². The Morgan fingerprint density at radius 3 is 2.46 bits per heavy atom. The van der Waals surface area contributed by atoms with E-state index in [1.165, 1.54) is 6.08 Å². The maximum atomic E-state index is 12.5. The fourth-order valence-electron chi connectivity index (χ4n) is 2.74. The number of nitrogens with one attached hydrogen (secondary N) is 1. The van der Waals surface area contributed by atoms with Gasteiger partial charge in [0.05, 0.1) is 7.11 Å². The average Bonchev–Trinajstić information content (AvgIpc) is 2.67. The molecule has 28 heavy (non-hydrogen) atoms. The SMILES string of the molecule is COc1cccc(/C=C/C(=O)O[C@@H](C)C(=O)Nc2c(C)cccc2C(C)C)c1. The van der Waals surface area contributed by atoms with E-state index in [0.717, 1.165) is 22.4 Å². The van der Waals surface area contributed by atoms with Crippen molar-refractivity contribution in [2.75, 3.05) is 12.4 Å². The Morgan fingerprint density at radius 2 is 1.79 bits per heavy atom. The molecule has 0 aliphatic carbocycles. The molecular formula is C23H27NO4. The summed E-state index contributed by atoms with van der Waals surface area (Å²) in [6.07, 6.45) is 2.00. The largest absolute Gasteiger partial charge is 0.497 e. The number of para-hydroxylation sites is 1. The highest BCUT2D eigenvalue weighted by Gasteiger charge is 2.19. The van der Waals surface area contributed by atoms with Gasteiger partial charge in [0.25, 0.3) is 5.91 Å². The van der Waals surface area contributed by atoms with Crippen LogP contribution >= 0.6 is 0 Å². The van der Waals surface area contributed by atoms with E-state index in [1.54, 1.807) is 26.2 Å². The highest BCUT2D eigenvalue weighted by atomic mass is 16.5. The molecule has 0 aliphatic heterocycles. The predicted octanol–water partition coefficient (Wildman–Crippen LogP) is 4.71. The van der Waals surface area contributed by atoms with Gasteiger partial charge in [-0.1, -0.05) is 44.2 Å². The summed E-state index contributed by atoms with van der Waals surface area (Å²) in [4.78, 5) is 24.6. The molecule has 0 saturated carbocycles. The van der Waals surface area contributed by atoms with Crippen LogP contribution in [0.15, 0.2) is 48.5 Å². The molecule has 0 saturated heterocycles. The van der Waals surface area contributed by atoms with Gasteiger partial charge in [0.15, 0.2) is 6.10 Å². The summed E-state index contributed by atoms with van der Waals surface area (Å²) in [5.74, 6) is 0.0139. The molecule has 1 N–H and O–H groups in total. The van der Waals surface area contributed by atoms with E-state index in [4.69, 9.17) is 9.47 Å². The predicted molar refractivity (Wildman–Crippen MR) is 111 cm³/mol. The summed E-state index contributed by atoms with van der Waals surface area (Å²) < 4.78 is 10.4. The molecule has 0 aromatic heterocycles. The summed E-state index contributed by atoms with van der Waals surface area (Å²) >= 11 is 0. The van der Waals surface area contributed by atoms with Gasteiger partial charge in [-0.05, 0) is 54.7 Å². The molecule has 0 aliphatic rings. The van der Waals surface area contributed by atoms with Crippen LogP contribution in [-0.2, 0) is 14.3 Å². The van der Waals surface area contributed by atoms with E-state index in [2.05, 4.69) is 19.2 Å². The van der Waals surface area contributed by atoms with Crippen LogP contribution < -0.4 is 10.1 Å². The molecule has 0 bridgehead atoms. The molecular weight excluding hydrogens is 354 g/mol. The van der Waals surface area contributed by atoms with Gasteiger partial charge in [0.1, 0.15) is 5.75 Å². The molecule has 2 rings (SSSR count). The Morgan fingerprint density at radius 1 is 1.07 bits per heavy atom. The lowest BCUT2D eigenvalue weighted by Crippen LogP contribution is -2.30. The summed E-state index contributed by atoms with van der Waals surface area (Å²) in [5.41, 5.74) is 3.59. The van der Waals surface area contributed by atoms with Crippen LogP contribution in [0.2, 0.25) is 0 Å². The van der Waals surface area contributed by atoms with Gasteiger partial charge in [-0.2, -0.15) is 0 Å².